The van der Waals surface area contributed by atoms with Crippen LogP contribution in [0.2, 0.25) is 0 Å². The first-order chi connectivity index (χ1) is 23.0. The quantitative estimate of drug-likeness (QED) is 0.151. The number of amides is 1. The van der Waals surface area contributed by atoms with Gasteiger partial charge in [-0.1, -0.05) is 87.7 Å². The van der Waals surface area contributed by atoms with Crippen LogP contribution in [0, 0.1) is 11.8 Å². The molecule has 236 valence electrons. The van der Waals surface area contributed by atoms with Crippen molar-refractivity contribution in [2.45, 2.75) is 52.0 Å². The fourth-order valence-corrected chi connectivity index (χ4v) is 6.67. The second-order valence-corrected chi connectivity index (χ2v) is 12.7. The average Bonchev–Trinajstić information content (AvgIpc) is 3.80. The third-order valence-corrected chi connectivity index (χ3v) is 9.55. The minimum Gasteiger partial charge on any atom is -0.383 e. The Hall–Kier alpha value is -5.30. The highest BCUT2D eigenvalue weighted by atomic mass is 16.1. The number of aromatic nitrogens is 4. The van der Waals surface area contributed by atoms with Gasteiger partial charge in [0.2, 0.25) is 0 Å². The van der Waals surface area contributed by atoms with Gasteiger partial charge in [-0.2, -0.15) is 0 Å². The van der Waals surface area contributed by atoms with Gasteiger partial charge in [0.05, 0.1) is 11.3 Å². The van der Waals surface area contributed by atoms with Crippen molar-refractivity contribution in [3.63, 3.8) is 0 Å². The number of pyridine rings is 2. The summed E-state index contributed by atoms with van der Waals surface area (Å²) in [5.74, 6) is 3.18. The lowest BCUT2D eigenvalue weighted by Gasteiger charge is -2.13. The number of hydrogen-bond acceptors (Lipinski definition) is 5. The van der Waals surface area contributed by atoms with Crippen LogP contribution in [0.15, 0.2) is 109 Å². The zero-order valence-electron chi connectivity index (χ0n) is 26.9. The zero-order chi connectivity index (χ0) is 32.3. The van der Waals surface area contributed by atoms with Gasteiger partial charge < -0.3 is 11.1 Å². The minimum atomic E-state index is -0.0758. The summed E-state index contributed by atoms with van der Waals surface area (Å²) in [7, 11) is 0. The molecule has 1 saturated carbocycles. The van der Waals surface area contributed by atoms with E-state index in [1.807, 2.05) is 95.6 Å². The van der Waals surface area contributed by atoms with Crippen LogP contribution >= 0.6 is 0 Å². The van der Waals surface area contributed by atoms with E-state index in [2.05, 4.69) is 36.3 Å². The van der Waals surface area contributed by atoms with Gasteiger partial charge in [0.15, 0.2) is 11.5 Å². The average molecular weight is 621 g/mol. The summed E-state index contributed by atoms with van der Waals surface area (Å²) >= 11 is 0. The number of nitrogens with one attached hydrogen (secondary N) is 1. The van der Waals surface area contributed by atoms with Crippen molar-refractivity contribution in [2.24, 2.45) is 11.8 Å². The van der Waals surface area contributed by atoms with Crippen LogP contribution in [0.1, 0.15) is 66.9 Å². The molecule has 7 rings (SSSR count). The predicted molar refractivity (Wildman–Crippen MR) is 189 cm³/mol. The molecule has 3 atom stereocenters. The van der Waals surface area contributed by atoms with Gasteiger partial charge in [-0.25, -0.2) is 15.0 Å². The summed E-state index contributed by atoms with van der Waals surface area (Å²) in [6, 6.07) is 34.1. The number of carbonyl (C=O) groups is 1. The molecule has 3 heterocycles. The molecule has 7 heteroatoms. The second-order valence-electron chi connectivity index (χ2n) is 12.7. The Labute approximate surface area is 275 Å². The number of imidazole rings is 1. The van der Waals surface area contributed by atoms with E-state index < -0.39 is 0 Å². The normalized spacial score (nSPS) is 16.2. The molecule has 0 radical (unpaired) electrons. The summed E-state index contributed by atoms with van der Waals surface area (Å²) < 4.78 is 2.02. The number of rotatable bonds is 11. The first kappa shape index (κ1) is 30.4. The van der Waals surface area contributed by atoms with Crippen LogP contribution in [0.5, 0.6) is 0 Å². The van der Waals surface area contributed by atoms with Crippen LogP contribution in [-0.2, 0) is 6.54 Å². The first-order valence-corrected chi connectivity index (χ1v) is 16.6. The van der Waals surface area contributed by atoms with E-state index in [-0.39, 0.29) is 5.91 Å². The molecule has 3 unspecified atom stereocenters. The first-order valence-electron chi connectivity index (χ1n) is 16.6. The third-order valence-electron chi connectivity index (χ3n) is 9.55. The van der Waals surface area contributed by atoms with Gasteiger partial charge in [0.25, 0.3) is 5.91 Å². The molecule has 7 nitrogen and oxygen atoms in total. The molecule has 6 aromatic rings. The molecular formula is C40H40N6O. The van der Waals surface area contributed by atoms with Crippen molar-refractivity contribution in [2.75, 3.05) is 5.73 Å². The van der Waals surface area contributed by atoms with Crippen molar-refractivity contribution in [3.8, 4) is 28.3 Å². The second kappa shape index (κ2) is 13.2. The van der Waals surface area contributed by atoms with E-state index in [1.54, 1.807) is 6.20 Å². The number of anilines is 1. The van der Waals surface area contributed by atoms with E-state index in [1.165, 1.54) is 31.2 Å². The molecule has 0 aliphatic heterocycles. The molecule has 3 N–H and O–H groups in total. The van der Waals surface area contributed by atoms with E-state index in [0.29, 0.717) is 29.7 Å². The lowest BCUT2D eigenvalue weighted by Crippen LogP contribution is -2.22. The summed E-state index contributed by atoms with van der Waals surface area (Å²) in [6.07, 6.45) is 6.95. The molecule has 1 aliphatic carbocycles. The van der Waals surface area contributed by atoms with Gasteiger partial charge in [0.1, 0.15) is 11.3 Å². The topological polar surface area (TPSA) is 98.7 Å². The predicted octanol–water partition coefficient (Wildman–Crippen LogP) is 8.59. The minimum absolute atomic E-state index is 0.0758. The number of nitrogens with zero attached hydrogens (tertiary/aromatic N) is 4. The van der Waals surface area contributed by atoms with Gasteiger partial charge in [0, 0.05) is 29.6 Å². The fraction of sp³-hybridized carbons (Fsp3) is 0.250. The standard InChI is InChI=1S/C40H40N6O/c1-3-4-9-31-24-34(31)26(2)28-15-17-30(18-16-28)40(47)43-25-27-13-19-32(20-14-27)46-38(33-12-8-23-42-37(33)41)45-36-22-21-35(44-39(36)46)29-10-6-5-7-11-29/h5-8,10-23,26,31,34H,3-4,9,24-25H2,1-2H3,(H2,41,42)(H,43,47). The molecule has 1 aliphatic rings. The summed E-state index contributed by atoms with van der Waals surface area (Å²) in [5, 5.41) is 3.09. The largest absolute Gasteiger partial charge is 0.383 e. The Bertz CT molecular complexity index is 2000. The lowest BCUT2D eigenvalue weighted by molar-refractivity contribution is 0.0951. The van der Waals surface area contributed by atoms with E-state index in [4.69, 9.17) is 15.7 Å². The van der Waals surface area contributed by atoms with Crippen LogP contribution < -0.4 is 11.1 Å². The van der Waals surface area contributed by atoms with E-state index >= 15 is 0 Å². The van der Waals surface area contributed by atoms with Crippen LogP contribution in [0.3, 0.4) is 0 Å². The molecule has 3 aromatic heterocycles. The monoisotopic (exact) mass is 620 g/mol. The number of benzene rings is 3. The van der Waals surface area contributed by atoms with E-state index in [9.17, 15) is 4.79 Å². The zero-order valence-corrected chi connectivity index (χ0v) is 26.9. The number of fused-ring (bicyclic) bond motifs is 1. The van der Waals surface area contributed by atoms with Crippen LogP contribution in [0.4, 0.5) is 5.82 Å². The molecule has 0 spiro atoms. The Morgan fingerprint density at radius 1 is 0.936 bits per heavy atom. The molecule has 1 amide bonds. The molecular weight excluding hydrogens is 580 g/mol. The Kier molecular flexibility index (Phi) is 8.53. The summed E-state index contributed by atoms with van der Waals surface area (Å²) in [4.78, 5) is 27.3. The van der Waals surface area contributed by atoms with Gasteiger partial charge in [-0.3, -0.25) is 9.36 Å². The van der Waals surface area contributed by atoms with E-state index in [0.717, 1.165) is 51.1 Å². The molecule has 47 heavy (non-hydrogen) atoms. The molecule has 3 aromatic carbocycles. The maximum absolute atomic E-state index is 13.0. The van der Waals surface area contributed by atoms with Gasteiger partial charge in [-0.05, 0) is 83.8 Å². The Morgan fingerprint density at radius 3 is 2.47 bits per heavy atom. The van der Waals surface area contributed by atoms with Crippen molar-refractivity contribution in [3.05, 3.63) is 126 Å². The highest BCUT2D eigenvalue weighted by Crippen LogP contribution is 2.50. The van der Waals surface area contributed by atoms with Crippen molar-refractivity contribution < 1.29 is 4.79 Å². The Morgan fingerprint density at radius 2 is 1.72 bits per heavy atom. The molecule has 0 saturated heterocycles. The maximum Gasteiger partial charge on any atom is 0.251 e. The van der Waals surface area contributed by atoms with Crippen molar-refractivity contribution >= 4 is 22.9 Å². The Balaban J connectivity index is 1.09. The number of carbonyl (C=O) groups excluding carboxylic acids is 1. The van der Waals surface area contributed by atoms with Crippen molar-refractivity contribution in [1.82, 2.24) is 24.8 Å². The number of nitrogens with two attached hydrogens (primary N) is 1. The highest BCUT2D eigenvalue weighted by Gasteiger charge is 2.40. The number of nitrogen functional groups attached to an aromatic ring is 1. The smallest absolute Gasteiger partial charge is 0.251 e. The van der Waals surface area contributed by atoms with Gasteiger partial charge >= 0.3 is 0 Å². The molecule has 0 bridgehead atoms. The third kappa shape index (κ3) is 6.39. The van der Waals surface area contributed by atoms with Crippen LogP contribution in [-0.4, -0.2) is 25.4 Å². The SMILES string of the molecule is CCCCC1CC1C(C)c1ccc(C(=O)NCc2ccc(-n3c(-c4cccnc4N)nc4ccc(-c5ccccc5)nc43)cc2)cc1. The fourth-order valence-electron chi connectivity index (χ4n) is 6.67. The summed E-state index contributed by atoms with van der Waals surface area (Å²) in [6.45, 7) is 5.01. The summed E-state index contributed by atoms with van der Waals surface area (Å²) in [5.41, 5.74) is 14.3. The lowest BCUT2D eigenvalue weighted by atomic mass is 9.93. The van der Waals surface area contributed by atoms with Gasteiger partial charge in [-0.15, -0.1) is 0 Å². The van der Waals surface area contributed by atoms with Crippen LogP contribution in [0.25, 0.3) is 39.5 Å². The number of unbranched alkanes of at least 4 members (excludes halogenated alkanes) is 1. The van der Waals surface area contributed by atoms with Crippen molar-refractivity contribution in [1.29, 1.82) is 0 Å². The highest BCUT2D eigenvalue weighted by molar-refractivity contribution is 5.94. The molecule has 1 fully saturated rings. The number of hydrogen-bond donors (Lipinski definition) is 2. The maximum atomic E-state index is 13.0.